The summed E-state index contributed by atoms with van der Waals surface area (Å²) in [5.74, 6) is 0. The van der Waals surface area contributed by atoms with E-state index in [1.807, 2.05) is 6.92 Å². The maximum Gasteiger partial charge on any atom is 0.108 e. The summed E-state index contributed by atoms with van der Waals surface area (Å²) < 4.78 is 5.29. The number of nitrogens with one attached hydrogen (secondary N) is 1. The number of hydrogen-bond donors (Lipinski definition) is 1. The van der Waals surface area contributed by atoms with Crippen molar-refractivity contribution < 1.29 is 4.74 Å². The van der Waals surface area contributed by atoms with Gasteiger partial charge in [0.2, 0.25) is 0 Å². The SMILES string of the molecule is CCO[C@@H]1CCCN1. The van der Waals surface area contributed by atoms with E-state index in [0.717, 1.165) is 13.2 Å². The summed E-state index contributed by atoms with van der Waals surface area (Å²) in [6, 6.07) is 0. The van der Waals surface area contributed by atoms with E-state index in [0.29, 0.717) is 6.23 Å². The molecule has 1 heterocycles. The fourth-order valence-electron chi connectivity index (χ4n) is 0.996. The van der Waals surface area contributed by atoms with Gasteiger partial charge in [0, 0.05) is 6.61 Å². The maximum atomic E-state index is 5.29. The van der Waals surface area contributed by atoms with Crippen LogP contribution < -0.4 is 5.32 Å². The third kappa shape index (κ3) is 1.46. The van der Waals surface area contributed by atoms with Crippen molar-refractivity contribution in [1.82, 2.24) is 5.32 Å². The van der Waals surface area contributed by atoms with E-state index in [-0.39, 0.29) is 0 Å². The van der Waals surface area contributed by atoms with E-state index in [9.17, 15) is 0 Å². The molecule has 0 radical (unpaired) electrons. The molecule has 0 unspecified atom stereocenters. The van der Waals surface area contributed by atoms with Gasteiger partial charge in [0.05, 0.1) is 0 Å². The Labute approximate surface area is 50.2 Å². The molecule has 1 saturated heterocycles. The Hall–Kier alpha value is -0.0800. The van der Waals surface area contributed by atoms with Gasteiger partial charge in [-0.3, -0.25) is 5.32 Å². The Morgan fingerprint density at radius 1 is 1.75 bits per heavy atom. The number of ether oxygens (including phenoxy) is 1. The molecule has 1 fully saturated rings. The first-order chi connectivity index (χ1) is 3.93. The van der Waals surface area contributed by atoms with Gasteiger partial charge < -0.3 is 4.74 Å². The lowest BCUT2D eigenvalue weighted by Gasteiger charge is -2.07. The summed E-state index contributed by atoms with van der Waals surface area (Å²) >= 11 is 0. The van der Waals surface area contributed by atoms with Crippen molar-refractivity contribution in [2.75, 3.05) is 13.2 Å². The molecule has 0 aliphatic carbocycles. The quantitative estimate of drug-likeness (QED) is 0.573. The standard InChI is InChI=1S/C6H13NO/c1-2-8-6-4-3-5-7-6/h6-7H,2-5H2,1H3/t6-/m1/s1. The van der Waals surface area contributed by atoms with Gasteiger partial charge in [0.15, 0.2) is 0 Å². The lowest BCUT2D eigenvalue weighted by molar-refractivity contribution is 0.0529. The van der Waals surface area contributed by atoms with Crippen molar-refractivity contribution in [3.8, 4) is 0 Å². The number of rotatable bonds is 2. The molecule has 2 nitrogen and oxygen atoms in total. The summed E-state index contributed by atoms with van der Waals surface area (Å²) in [4.78, 5) is 0. The Bertz CT molecular complexity index is 59.5. The molecule has 1 atom stereocenters. The van der Waals surface area contributed by atoms with Crippen LogP contribution in [-0.2, 0) is 4.74 Å². The van der Waals surface area contributed by atoms with Crippen LogP contribution in [0.3, 0.4) is 0 Å². The predicted octanol–water partition coefficient (Wildman–Crippen LogP) is 0.732. The molecule has 0 amide bonds. The molecule has 1 N–H and O–H groups in total. The molecule has 2 heteroatoms. The van der Waals surface area contributed by atoms with Gasteiger partial charge in [-0.25, -0.2) is 0 Å². The predicted molar refractivity (Wildman–Crippen MR) is 32.7 cm³/mol. The average molecular weight is 115 g/mol. The topological polar surface area (TPSA) is 21.3 Å². The van der Waals surface area contributed by atoms with Gasteiger partial charge in [-0.15, -0.1) is 0 Å². The van der Waals surface area contributed by atoms with Gasteiger partial charge in [-0.05, 0) is 26.3 Å². The molecule has 8 heavy (non-hydrogen) atoms. The zero-order valence-corrected chi connectivity index (χ0v) is 5.31. The minimum Gasteiger partial charge on any atom is -0.364 e. The Morgan fingerprint density at radius 3 is 3.12 bits per heavy atom. The summed E-state index contributed by atoms with van der Waals surface area (Å²) in [5.41, 5.74) is 0. The molecule has 0 spiro atoms. The fraction of sp³-hybridized carbons (Fsp3) is 1.00. The van der Waals surface area contributed by atoms with Crippen LogP contribution in [-0.4, -0.2) is 19.4 Å². The molecule has 0 aromatic carbocycles. The molecule has 0 aromatic heterocycles. The highest BCUT2D eigenvalue weighted by Crippen LogP contribution is 2.04. The van der Waals surface area contributed by atoms with Crippen LogP contribution >= 0.6 is 0 Å². The second kappa shape index (κ2) is 3.05. The first-order valence-electron chi connectivity index (χ1n) is 3.28. The fourth-order valence-corrected chi connectivity index (χ4v) is 0.996. The van der Waals surface area contributed by atoms with Crippen LogP contribution in [0.15, 0.2) is 0 Å². The second-order valence-electron chi connectivity index (χ2n) is 2.04. The zero-order chi connectivity index (χ0) is 5.82. The van der Waals surface area contributed by atoms with Crippen molar-refractivity contribution in [3.05, 3.63) is 0 Å². The zero-order valence-electron chi connectivity index (χ0n) is 5.31. The third-order valence-electron chi connectivity index (χ3n) is 1.38. The van der Waals surface area contributed by atoms with Gasteiger partial charge >= 0.3 is 0 Å². The van der Waals surface area contributed by atoms with Gasteiger partial charge in [-0.2, -0.15) is 0 Å². The molecule has 0 aromatic rings. The van der Waals surface area contributed by atoms with Crippen molar-refractivity contribution in [3.63, 3.8) is 0 Å². The van der Waals surface area contributed by atoms with E-state index < -0.39 is 0 Å². The normalized spacial score (nSPS) is 28.9. The van der Waals surface area contributed by atoms with Crippen LogP contribution in [0.5, 0.6) is 0 Å². The molecular formula is C6H13NO. The van der Waals surface area contributed by atoms with Gasteiger partial charge in [-0.1, -0.05) is 0 Å². The summed E-state index contributed by atoms with van der Waals surface area (Å²) in [5, 5.41) is 3.24. The lowest BCUT2D eigenvalue weighted by Crippen LogP contribution is -2.24. The lowest BCUT2D eigenvalue weighted by atomic mass is 10.4. The summed E-state index contributed by atoms with van der Waals surface area (Å²) in [6.45, 7) is 3.99. The minimum atomic E-state index is 0.361. The third-order valence-corrected chi connectivity index (χ3v) is 1.38. The Kier molecular flexibility index (Phi) is 2.30. The number of hydrogen-bond acceptors (Lipinski definition) is 2. The summed E-state index contributed by atoms with van der Waals surface area (Å²) in [7, 11) is 0. The van der Waals surface area contributed by atoms with E-state index in [1.54, 1.807) is 0 Å². The van der Waals surface area contributed by atoms with E-state index in [4.69, 9.17) is 4.74 Å². The smallest absolute Gasteiger partial charge is 0.108 e. The van der Waals surface area contributed by atoms with E-state index in [2.05, 4.69) is 5.32 Å². The molecular weight excluding hydrogens is 102 g/mol. The molecule has 1 aliphatic rings. The van der Waals surface area contributed by atoms with Crippen LogP contribution in [0.1, 0.15) is 19.8 Å². The molecule has 1 aliphatic heterocycles. The van der Waals surface area contributed by atoms with Crippen LogP contribution in [0, 0.1) is 0 Å². The first-order valence-corrected chi connectivity index (χ1v) is 3.28. The molecule has 1 rings (SSSR count). The molecule has 48 valence electrons. The maximum absolute atomic E-state index is 5.29. The summed E-state index contributed by atoms with van der Waals surface area (Å²) in [6.07, 6.45) is 2.82. The Morgan fingerprint density at radius 2 is 2.62 bits per heavy atom. The van der Waals surface area contributed by atoms with Crippen LogP contribution in [0.25, 0.3) is 0 Å². The average Bonchev–Trinajstić information content (AvgIpc) is 2.19. The second-order valence-corrected chi connectivity index (χ2v) is 2.04. The molecule has 0 saturated carbocycles. The van der Waals surface area contributed by atoms with Gasteiger partial charge in [0.25, 0.3) is 0 Å². The highest BCUT2D eigenvalue weighted by molar-refractivity contribution is 4.64. The van der Waals surface area contributed by atoms with Crippen molar-refractivity contribution >= 4 is 0 Å². The van der Waals surface area contributed by atoms with Crippen LogP contribution in [0.2, 0.25) is 0 Å². The van der Waals surface area contributed by atoms with E-state index in [1.165, 1.54) is 12.8 Å². The van der Waals surface area contributed by atoms with Crippen LogP contribution in [0.4, 0.5) is 0 Å². The largest absolute Gasteiger partial charge is 0.364 e. The molecule has 0 bridgehead atoms. The first kappa shape index (κ1) is 6.05. The minimum absolute atomic E-state index is 0.361. The Balaban J connectivity index is 2.06. The van der Waals surface area contributed by atoms with Crippen molar-refractivity contribution in [1.29, 1.82) is 0 Å². The highest BCUT2D eigenvalue weighted by Gasteiger charge is 2.11. The highest BCUT2D eigenvalue weighted by atomic mass is 16.5. The van der Waals surface area contributed by atoms with Gasteiger partial charge in [0.1, 0.15) is 6.23 Å². The monoisotopic (exact) mass is 115 g/mol. The van der Waals surface area contributed by atoms with Crippen molar-refractivity contribution in [2.24, 2.45) is 0 Å². The van der Waals surface area contributed by atoms with E-state index >= 15 is 0 Å². The van der Waals surface area contributed by atoms with Crippen molar-refractivity contribution in [2.45, 2.75) is 26.0 Å².